The average Bonchev–Trinajstić information content (AvgIpc) is 3.71. The number of para-hydroxylation sites is 1. The Labute approximate surface area is 244 Å². The third kappa shape index (κ3) is 6.79. The van der Waals surface area contributed by atoms with Gasteiger partial charge in [-0.2, -0.15) is 0 Å². The van der Waals surface area contributed by atoms with Crippen molar-refractivity contribution < 1.29 is 13.2 Å². The molecule has 0 aliphatic heterocycles. The van der Waals surface area contributed by atoms with Gasteiger partial charge in [-0.05, 0) is 49.7 Å². The molecule has 0 saturated heterocycles. The van der Waals surface area contributed by atoms with Gasteiger partial charge in [0.15, 0.2) is 0 Å². The Hall–Kier alpha value is -3.09. The van der Waals surface area contributed by atoms with E-state index in [9.17, 15) is 8.42 Å². The highest BCUT2D eigenvalue weighted by atomic mass is 32.2. The Kier molecular flexibility index (Phi) is 10.1. The highest BCUT2D eigenvalue weighted by molar-refractivity contribution is 7.94. The molecule has 0 unspecified atom stereocenters. The lowest BCUT2D eigenvalue weighted by molar-refractivity contribution is 0.156. The van der Waals surface area contributed by atoms with Gasteiger partial charge in [0.2, 0.25) is 0 Å². The van der Waals surface area contributed by atoms with Crippen molar-refractivity contribution in [3.63, 3.8) is 0 Å². The molecular formula is C29H35N5O3S3. The maximum Gasteiger partial charge on any atom is 0.273 e. The van der Waals surface area contributed by atoms with Gasteiger partial charge in [-0.1, -0.05) is 31.7 Å². The van der Waals surface area contributed by atoms with Crippen LogP contribution in [0.5, 0.6) is 0 Å². The molecule has 0 radical (unpaired) electrons. The number of nitrogens with zero attached hydrogens (tertiary/aromatic N) is 4. The average molecular weight is 598 g/mol. The predicted molar refractivity (Wildman–Crippen MR) is 166 cm³/mol. The van der Waals surface area contributed by atoms with E-state index in [-0.39, 0.29) is 14.0 Å². The summed E-state index contributed by atoms with van der Waals surface area (Å²) < 4.78 is 34.5. The van der Waals surface area contributed by atoms with Gasteiger partial charge >= 0.3 is 0 Å². The molecule has 1 aromatic carbocycles. The van der Waals surface area contributed by atoms with Gasteiger partial charge in [0.1, 0.15) is 9.22 Å². The van der Waals surface area contributed by atoms with Crippen LogP contribution in [0.1, 0.15) is 24.9 Å². The maximum atomic E-state index is 13.6. The lowest BCUT2D eigenvalue weighted by atomic mass is 10.2. The van der Waals surface area contributed by atoms with E-state index in [1.54, 1.807) is 28.8 Å². The van der Waals surface area contributed by atoms with E-state index in [0.29, 0.717) is 23.1 Å². The fraction of sp³-hybridized carbons (Fsp3) is 0.310. The Balaban J connectivity index is 0.00000370. The largest absolute Gasteiger partial charge is 0.380 e. The molecule has 1 N–H and O–H groups in total. The molecule has 5 rings (SSSR count). The number of sulfonamides is 1. The van der Waals surface area contributed by atoms with Crippen LogP contribution >= 0.6 is 22.7 Å². The van der Waals surface area contributed by atoms with Crippen LogP contribution < -0.4 is 4.31 Å². The van der Waals surface area contributed by atoms with E-state index >= 15 is 0 Å². The lowest BCUT2D eigenvalue weighted by Crippen LogP contribution is -2.34. The zero-order valence-electron chi connectivity index (χ0n) is 21.9. The number of ether oxygens (including phenoxy) is 1. The smallest absolute Gasteiger partial charge is 0.273 e. The second-order valence-corrected chi connectivity index (χ2v) is 13.2. The van der Waals surface area contributed by atoms with Gasteiger partial charge in [0.05, 0.1) is 30.0 Å². The first-order valence-electron chi connectivity index (χ1n) is 12.7. The predicted octanol–water partition coefficient (Wildman–Crippen LogP) is 6.29. The number of hydrogen-bond acceptors (Lipinski definition) is 8. The monoisotopic (exact) mass is 597 g/mol. The van der Waals surface area contributed by atoms with Gasteiger partial charge in [-0.25, -0.2) is 13.4 Å². The highest BCUT2D eigenvalue weighted by Gasteiger charge is 2.28. The zero-order chi connectivity index (χ0) is 27.2. The number of benzene rings is 1. The third-order valence-corrected chi connectivity index (χ3v) is 10.5. The van der Waals surface area contributed by atoms with E-state index in [0.717, 1.165) is 51.7 Å². The number of thiazole rings is 1. The van der Waals surface area contributed by atoms with Crippen molar-refractivity contribution in [2.45, 2.75) is 31.5 Å². The lowest BCUT2D eigenvalue weighted by Gasteiger charge is -2.24. The molecule has 40 heavy (non-hydrogen) atoms. The van der Waals surface area contributed by atoms with Gasteiger partial charge in [-0.15, -0.1) is 22.7 Å². The Morgan fingerprint density at radius 1 is 1.05 bits per heavy atom. The molecule has 11 heteroatoms. The van der Waals surface area contributed by atoms with E-state index in [1.807, 2.05) is 61.8 Å². The van der Waals surface area contributed by atoms with Crippen LogP contribution in [-0.2, 0) is 27.7 Å². The summed E-state index contributed by atoms with van der Waals surface area (Å²) in [6, 6.07) is 17.1. The van der Waals surface area contributed by atoms with Crippen molar-refractivity contribution in [2.75, 3.05) is 37.7 Å². The van der Waals surface area contributed by atoms with Gasteiger partial charge in [-0.3, -0.25) is 9.29 Å². The number of hydrogen-bond donors (Lipinski definition) is 1. The molecule has 4 aromatic heterocycles. The Bertz CT molecular complexity index is 1600. The molecule has 8 nitrogen and oxygen atoms in total. The molecule has 5 aromatic rings. The second kappa shape index (κ2) is 13.5. The molecule has 0 aliphatic rings. The third-order valence-electron chi connectivity index (χ3n) is 6.27. The standard InChI is InChI=1S/C28H31N5O3S3.CH4/c1-3-36-16-15-33(39(34,35)26-11-7-17-37-26)25-10-6-8-21-18-24(31-27(21)25)28-30-19-23(38-28)20-32(2)14-12-22-9-4-5-13-29-22;/h4-11,13,17-19,31H,3,12,14-16,20H2,1-2H3;1H4. The molecule has 0 amide bonds. The number of anilines is 1. The molecular weight excluding hydrogens is 563 g/mol. The number of nitrogens with one attached hydrogen (secondary N) is 1. The molecule has 0 fully saturated rings. The summed E-state index contributed by atoms with van der Waals surface area (Å²) in [5.74, 6) is 0. The van der Waals surface area contributed by atoms with E-state index in [2.05, 4.69) is 26.9 Å². The first-order valence-corrected chi connectivity index (χ1v) is 15.9. The number of H-pyrrole nitrogens is 1. The van der Waals surface area contributed by atoms with Crippen molar-refractivity contribution in [1.82, 2.24) is 19.9 Å². The van der Waals surface area contributed by atoms with Gasteiger partial charge < -0.3 is 14.6 Å². The van der Waals surface area contributed by atoms with Gasteiger partial charge in [0.25, 0.3) is 10.0 Å². The molecule has 4 heterocycles. The molecule has 0 aliphatic carbocycles. The van der Waals surface area contributed by atoms with Crippen LogP contribution in [0.2, 0.25) is 0 Å². The van der Waals surface area contributed by atoms with Crippen molar-refractivity contribution in [3.05, 3.63) is 82.9 Å². The summed E-state index contributed by atoms with van der Waals surface area (Å²) in [4.78, 5) is 16.0. The number of aromatic amines is 1. The van der Waals surface area contributed by atoms with Crippen LogP contribution in [0, 0.1) is 0 Å². The highest BCUT2D eigenvalue weighted by Crippen LogP contribution is 2.35. The van der Waals surface area contributed by atoms with Crippen molar-refractivity contribution in [3.8, 4) is 10.7 Å². The second-order valence-electron chi connectivity index (χ2n) is 9.07. The van der Waals surface area contributed by atoms with Crippen molar-refractivity contribution in [1.29, 1.82) is 0 Å². The maximum absolute atomic E-state index is 13.6. The summed E-state index contributed by atoms with van der Waals surface area (Å²) in [5.41, 5.74) is 3.30. The first-order chi connectivity index (χ1) is 19.0. The normalized spacial score (nSPS) is 11.7. The number of fused-ring (bicyclic) bond motifs is 1. The fourth-order valence-electron chi connectivity index (χ4n) is 4.35. The van der Waals surface area contributed by atoms with Crippen LogP contribution in [0.25, 0.3) is 21.6 Å². The number of aromatic nitrogens is 3. The molecule has 0 saturated carbocycles. The quantitative estimate of drug-likeness (QED) is 0.160. The van der Waals surface area contributed by atoms with Crippen LogP contribution in [0.15, 0.2) is 76.6 Å². The first kappa shape index (κ1) is 29.9. The minimum absolute atomic E-state index is 0. The Morgan fingerprint density at radius 2 is 1.93 bits per heavy atom. The van der Waals surface area contributed by atoms with Gasteiger partial charge in [0, 0.05) is 54.5 Å². The van der Waals surface area contributed by atoms with Crippen molar-refractivity contribution >= 4 is 49.3 Å². The Morgan fingerprint density at radius 3 is 2.67 bits per heavy atom. The molecule has 212 valence electrons. The van der Waals surface area contributed by atoms with E-state index in [1.165, 1.54) is 15.6 Å². The number of likely N-dealkylation sites (N-methyl/N-ethyl adjacent to an activating group) is 1. The number of rotatable bonds is 13. The molecule has 0 atom stereocenters. The van der Waals surface area contributed by atoms with E-state index in [4.69, 9.17) is 4.74 Å². The zero-order valence-corrected chi connectivity index (χ0v) is 24.4. The minimum Gasteiger partial charge on any atom is -0.380 e. The number of thiophene rings is 1. The van der Waals surface area contributed by atoms with Crippen LogP contribution in [-0.4, -0.2) is 61.6 Å². The molecule has 0 spiro atoms. The van der Waals surface area contributed by atoms with E-state index < -0.39 is 10.0 Å². The minimum atomic E-state index is -3.74. The summed E-state index contributed by atoms with van der Waals surface area (Å²) in [7, 11) is -1.64. The summed E-state index contributed by atoms with van der Waals surface area (Å²) >= 11 is 2.85. The summed E-state index contributed by atoms with van der Waals surface area (Å²) in [6.45, 7) is 4.63. The SMILES string of the molecule is C.CCOCCN(c1cccc2cc(-c3ncc(CN(C)CCc4ccccn4)s3)[nH]c12)S(=O)(=O)c1cccs1. The number of pyridine rings is 1. The topological polar surface area (TPSA) is 91.4 Å². The fourth-order valence-corrected chi connectivity index (χ4v) is 7.87. The van der Waals surface area contributed by atoms with Crippen LogP contribution in [0.3, 0.4) is 0 Å². The summed E-state index contributed by atoms with van der Waals surface area (Å²) in [6.07, 6.45) is 4.63. The van der Waals surface area contributed by atoms with Crippen molar-refractivity contribution in [2.24, 2.45) is 0 Å². The summed E-state index contributed by atoms with van der Waals surface area (Å²) in [5, 5.41) is 3.57. The van der Waals surface area contributed by atoms with Crippen LogP contribution in [0.4, 0.5) is 5.69 Å². The molecule has 0 bridgehead atoms.